The van der Waals surface area contributed by atoms with Gasteiger partial charge in [0.1, 0.15) is 17.1 Å². The van der Waals surface area contributed by atoms with Crippen LogP contribution < -0.4 is 4.74 Å². The minimum absolute atomic E-state index is 0.0656. The quantitative estimate of drug-likeness (QED) is 0.332. The molecule has 9 heteroatoms. The van der Waals surface area contributed by atoms with E-state index < -0.39 is 17.7 Å². The summed E-state index contributed by atoms with van der Waals surface area (Å²) in [5.74, 6) is -0.881. The van der Waals surface area contributed by atoms with Crippen molar-refractivity contribution in [2.24, 2.45) is 0 Å². The lowest BCUT2D eigenvalue weighted by molar-refractivity contribution is -0.140. The smallest absolute Gasteiger partial charge is 0.295 e. The van der Waals surface area contributed by atoms with Crippen molar-refractivity contribution < 1.29 is 24.2 Å². The Kier molecular flexibility index (Phi) is 6.27. The van der Waals surface area contributed by atoms with Crippen LogP contribution in [0.2, 0.25) is 0 Å². The number of aryl methyl sites for hydroxylation is 1. The normalized spacial score (nSPS) is 20.6. The average Bonchev–Trinajstić information content (AvgIpc) is 3.35. The van der Waals surface area contributed by atoms with Gasteiger partial charge < -0.3 is 19.5 Å². The van der Waals surface area contributed by atoms with Crippen LogP contribution >= 0.6 is 0 Å². The minimum Gasteiger partial charge on any atom is -0.505 e. The highest BCUT2D eigenvalue weighted by atomic mass is 16.5. The molecule has 1 aromatic carbocycles. The summed E-state index contributed by atoms with van der Waals surface area (Å²) in [6.45, 7) is 5.58. The molecule has 182 valence electrons. The van der Waals surface area contributed by atoms with E-state index in [4.69, 9.17) is 9.47 Å². The van der Waals surface area contributed by atoms with Gasteiger partial charge in [-0.25, -0.2) is 4.98 Å². The van der Waals surface area contributed by atoms with Gasteiger partial charge in [0, 0.05) is 32.4 Å². The van der Waals surface area contributed by atoms with Crippen LogP contribution in [-0.4, -0.2) is 82.5 Å². The van der Waals surface area contributed by atoms with Gasteiger partial charge in [0.15, 0.2) is 5.76 Å². The van der Waals surface area contributed by atoms with Crippen LogP contribution in [0.3, 0.4) is 0 Å². The van der Waals surface area contributed by atoms with E-state index in [1.54, 1.807) is 41.7 Å². The largest absolute Gasteiger partial charge is 0.505 e. The fraction of sp³-hybridized carbons (Fsp3) is 0.346. The third-order valence-corrected chi connectivity index (χ3v) is 6.66. The number of amides is 1. The highest BCUT2D eigenvalue weighted by Crippen LogP contribution is 2.40. The van der Waals surface area contributed by atoms with Gasteiger partial charge in [-0.3, -0.25) is 18.9 Å². The molecule has 0 saturated carbocycles. The fourth-order valence-electron chi connectivity index (χ4n) is 4.84. The number of aliphatic hydroxyl groups is 1. The van der Waals surface area contributed by atoms with Crippen molar-refractivity contribution in [1.82, 2.24) is 19.2 Å². The molecule has 2 fully saturated rings. The van der Waals surface area contributed by atoms with Crippen molar-refractivity contribution >= 4 is 23.1 Å². The highest BCUT2D eigenvalue weighted by molar-refractivity contribution is 6.46. The zero-order chi connectivity index (χ0) is 24.5. The molecule has 0 aliphatic carbocycles. The Hall–Kier alpha value is -3.69. The highest BCUT2D eigenvalue weighted by Gasteiger charge is 2.46. The van der Waals surface area contributed by atoms with Crippen LogP contribution in [0.4, 0.5) is 0 Å². The molecule has 1 amide bonds. The molecule has 2 aliphatic rings. The number of carbonyl (C=O) groups is 2. The van der Waals surface area contributed by atoms with Crippen LogP contribution in [-0.2, 0) is 14.3 Å². The molecular formula is C26H28N4O5. The SMILES string of the molecule is COc1ccc([C@H]2C(=C(O)c3c(C)nc4ccccn34)C(=O)C(=O)N2CCN2CCOCC2)cc1. The molecule has 2 aliphatic heterocycles. The summed E-state index contributed by atoms with van der Waals surface area (Å²) in [4.78, 5) is 34.9. The summed E-state index contributed by atoms with van der Waals surface area (Å²) in [6, 6.07) is 12.0. The number of hydrogen-bond acceptors (Lipinski definition) is 7. The number of ketones is 1. The number of likely N-dealkylation sites (tertiary alicyclic amines) is 1. The molecule has 0 spiro atoms. The maximum atomic E-state index is 13.4. The van der Waals surface area contributed by atoms with E-state index in [2.05, 4.69) is 9.88 Å². The van der Waals surface area contributed by atoms with E-state index in [0.29, 0.717) is 49.1 Å². The number of aromatic nitrogens is 2. The Morgan fingerprint density at radius 2 is 1.86 bits per heavy atom. The maximum Gasteiger partial charge on any atom is 0.295 e. The summed E-state index contributed by atoms with van der Waals surface area (Å²) >= 11 is 0. The van der Waals surface area contributed by atoms with Crippen molar-refractivity contribution in [2.75, 3.05) is 46.5 Å². The molecule has 4 heterocycles. The third kappa shape index (κ3) is 4.17. The molecule has 1 N–H and O–H groups in total. The van der Waals surface area contributed by atoms with Gasteiger partial charge in [0.05, 0.1) is 37.6 Å². The number of Topliss-reactive ketones (excluding diaryl/α,β-unsaturated/α-hetero) is 1. The van der Waals surface area contributed by atoms with Crippen molar-refractivity contribution in [1.29, 1.82) is 0 Å². The van der Waals surface area contributed by atoms with Crippen LogP contribution in [0.25, 0.3) is 11.4 Å². The summed E-state index contributed by atoms with van der Waals surface area (Å²) in [7, 11) is 1.58. The van der Waals surface area contributed by atoms with Crippen LogP contribution in [0.5, 0.6) is 5.75 Å². The average molecular weight is 477 g/mol. The number of carbonyl (C=O) groups excluding carboxylic acids is 2. The number of aliphatic hydroxyl groups excluding tert-OH is 1. The van der Waals surface area contributed by atoms with E-state index in [0.717, 1.165) is 18.7 Å². The predicted octanol–water partition coefficient (Wildman–Crippen LogP) is 2.41. The maximum absolute atomic E-state index is 13.4. The zero-order valence-corrected chi connectivity index (χ0v) is 19.8. The van der Waals surface area contributed by atoms with E-state index in [1.165, 1.54) is 0 Å². The molecule has 0 radical (unpaired) electrons. The number of ether oxygens (including phenoxy) is 2. The number of methoxy groups -OCH3 is 1. The lowest BCUT2D eigenvalue weighted by Crippen LogP contribution is -2.42. The topological polar surface area (TPSA) is 96.6 Å². The van der Waals surface area contributed by atoms with E-state index in [1.807, 2.05) is 30.3 Å². The van der Waals surface area contributed by atoms with Crippen molar-refractivity contribution in [3.63, 3.8) is 0 Å². The lowest BCUT2D eigenvalue weighted by atomic mass is 9.96. The molecule has 35 heavy (non-hydrogen) atoms. The number of fused-ring (bicyclic) bond motifs is 1. The number of pyridine rings is 1. The zero-order valence-electron chi connectivity index (χ0n) is 19.8. The van der Waals surface area contributed by atoms with Crippen LogP contribution in [0.1, 0.15) is 23.0 Å². The van der Waals surface area contributed by atoms with Crippen molar-refractivity contribution in [3.8, 4) is 5.75 Å². The van der Waals surface area contributed by atoms with Gasteiger partial charge in [0.2, 0.25) is 0 Å². The Morgan fingerprint density at radius 1 is 1.11 bits per heavy atom. The molecule has 2 saturated heterocycles. The summed E-state index contributed by atoms with van der Waals surface area (Å²) in [6.07, 6.45) is 1.78. The molecular weight excluding hydrogens is 448 g/mol. The number of nitrogens with zero attached hydrogens (tertiary/aromatic N) is 4. The fourth-order valence-corrected chi connectivity index (χ4v) is 4.84. The monoisotopic (exact) mass is 476 g/mol. The first-order valence-corrected chi connectivity index (χ1v) is 11.7. The van der Waals surface area contributed by atoms with Crippen molar-refractivity contribution in [2.45, 2.75) is 13.0 Å². The molecule has 3 aromatic rings. The number of hydrogen-bond donors (Lipinski definition) is 1. The second-order valence-electron chi connectivity index (χ2n) is 8.69. The first kappa shape index (κ1) is 23.1. The number of imidazole rings is 1. The number of benzene rings is 1. The molecule has 2 aromatic heterocycles. The molecule has 0 unspecified atom stereocenters. The lowest BCUT2D eigenvalue weighted by Gasteiger charge is -2.31. The molecule has 0 bridgehead atoms. The van der Waals surface area contributed by atoms with Gasteiger partial charge in [-0.15, -0.1) is 0 Å². The van der Waals surface area contributed by atoms with Crippen LogP contribution in [0.15, 0.2) is 54.2 Å². The van der Waals surface area contributed by atoms with Gasteiger partial charge in [-0.1, -0.05) is 18.2 Å². The number of morpholine rings is 1. The summed E-state index contributed by atoms with van der Waals surface area (Å²) in [5, 5.41) is 11.5. The second kappa shape index (κ2) is 9.52. The predicted molar refractivity (Wildman–Crippen MR) is 129 cm³/mol. The van der Waals surface area contributed by atoms with Gasteiger partial charge in [-0.05, 0) is 36.8 Å². The van der Waals surface area contributed by atoms with Crippen molar-refractivity contribution in [3.05, 3.63) is 71.2 Å². The standard InChI is InChI=1S/C26H28N4O5/c1-17-22(29-10-4-3-5-20(29)27-17)24(31)21-23(18-6-8-19(34-2)9-7-18)30(26(33)25(21)32)12-11-28-13-15-35-16-14-28/h3-10,23,31H,11-16H2,1-2H3/t23-/m0/s1. The number of rotatable bonds is 6. The first-order chi connectivity index (χ1) is 17.0. The molecule has 1 atom stereocenters. The Labute approximate surface area is 203 Å². The Balaban J connectivity index is 1.60. The molecule has 9 nitrogen and oxygen atoms in total. The third-order valence-electron chi connectivity index (χ3n) is 6.66. The van der Waals surface area contributed by atoms with E-state index >= 15 is 0 Å². The minimum atomic E-state index is -0.726. The van der Waals surface area contributed by atoms with Gasteiger partial charge in [0.25, 0.3) is 11.7 Å². The van der Waals surface area contributed by atoms with E-state index in [9.17, 15) is 14.7 Å². The van der Waals surface area contributed by atoms with Crippen LogP contribution in [0, 0.1) is 6.92 Å². The Morgan fingerprint density at radius 3 is 2.57 bits per heavy atom. The summed E-state index contributed by atoms with van der Waals surface area (Å²) < 4.78 is 12.4. The van der Waals surface area contributed by atoms with E-state index in [-0.39, 0.29) is 11.3 Å². The van der Waals surface area contributed by atoms with Gasteiger partial charge >= 0.3 is 0 Å². The summed E-state index contributed by atoms with van der Waals surface area (Å²) in [5.41, 5.74) is 2.41. The molecule has 5 rings (SSSR count). The Bertz CT molecular complexity index is 1290. The van der Waals surface area contributed by atoms with Gasteiger partial charge in [-0.2, -0.15) is 0 Å². The first-order valence-electron chi connectivity index (χ1n) is 11.7. The second-order valence-corrected chi connectivity index (χ2v) is 8.69.